The molecule has 4 heterocycles. The second-order valence-corrected chi connectivity index (χ2v) is 9.58. The van der Waals surface area contributed by atoms with E-state index in [1.165, 1.54) is 25.2 Å². The summed E-state index contributed by atoms with van der Waals surface area (Å²) >= 11 is 6.34. The van der Waals surface area contributed by atoms with Gasteiger partial charge in [0.25, 0.3) is 0 Å². The Labute approximate surface area is 202 Å². The van der Waals surface area contributed by atoms with E-state index in [2.05, 4.69) is 26.8 Å². The van der Waals surface area contributed by atoms with Crippen molar-refractivity contribution in [2.24, 2.45) is 5.92 Å². The molecular formula is C25H25ClN6O2. The lowest BCUT2D eigenvalue weighted by Crippen LogP contribution is -2.48. The van der Waals surface area contributed by atoms with Crippen LogP contribution in [0.3, 0.4) is 0 Å². The van der Waals surface area contributed by atoms with Crippen LogP contribution in [0.2, 0.25) is 5.02 Å². The van der Waals surface area contributed by atoms with Gasteiger partial charge in [0, 0.05) is 24.8 Å². The summed E-state index contributed by atoms with van der Waals surface area (Å²) < 4.78 is 5.91. The fraction of sp³-hybridized carbons (Fsp3) is 0.360. The number of carbonyl (C=O) groups is 1. The van der Waals surface area contributed by atoms with E-state index in [0.717, 1.165) is 30.0 Å². The van der Waals surface area contributed by atoms with Crippen molar-refractivity contribution in [3.63, 3.8) is 0 Å². The molecule has 0 unspecified atom stereocenters. The predicted molar refractivity (Wildman–Crippen MR) is 132 cm³/mol. The zero-order valence-electron chi connectivity index (χ0n) is 18.7. The van der Waals surface area contributed by atoms with E-state index in [-0.39, 0.29) is 18.0 Å². The van der Waals surface area contributed by atoms with Crippen LogP contribution in [-0.2, 0) is 4.79 Å². The lowest BCUT2D eigenvalue weighted by Gasteiger charge is -2.34. The van der Waals surface area contributed by atoms with Crippen LogP contribution < -0.4 is 15.0 Å². The van der Waals surface area contributed by atoms with Gasteiger partial charge in [-0.2, -0.15) is 0 Å². The highest BCUT2D eigenvalue weighted by Gasteiger charge is 2.45. The number of piperazine rings is 1. The van der Waals surface area contributed by atoms with Crippen LogP contribution in [0.15, 0.2) is 49.3 Å². The van der Waals surface area contributed by atoms with E-state index in [1.54, 1.807) is 0 Å². The molecule has 1 aliphatic carbocycles. The van der Waals surface area contributed by atoms with Crippen LogP contribution >= 0.6 is 11.6 Å². The number of fused-ring (bicyclic) bond motifs is 3. The number of rotatable bonds is 7. The predicted octanol–water partition coefficient (Wildman–Crippen LogP) is 4.19. The first-order chi connectivity index (χ1) is 16.6. The lowest BCUT2D eigenvalue weighted by atomic mass is 10.2. The second kappa shape index (κ2) is 8.43. The van der Waals surface area contributed by atoms with Crippen molar-refractivity contribution in [1.29, 1.82) is 0 Å². The summed E-state index contributed by atoms with van der Waals surface area (Å²) in [6.07, 6.45) is 6.32. The van der Waals surface area contributed by atoms with E-state index in [0.29, 0.717) is 41.2 Å². The number of hydrogen-bond donors (Lipinski definition) is 1. The minimum absolute atomic E-state index is 0.00181. The summed E-state index contributed by atoms with van der Waals surface area (Å²) in [5, 5.41) is 3.95. The summed E-state index contributed by atoms with van der Waals surface area (Å²) in [6, 6.07) is 10.0. The normalized spacial score (nSPS) is 21.2. The Hall–Kier alpha value is -3.39. The summed E-state index contributed by atoms with van der Waals surface area (Å²) in [5.74, 6) is 2.80. The molecule has 1 amide bonds. The van der Waals surface area contributed by atoms with Gasteiger partial charge in [0.15, 0.2) is 5.82 Å². The number of benzene rings is 1. The largest absolute Gasteiger partial charge is 0.492 e. The molecule has 2 saturated heterocycles. The van der Waals surface area contributed by atoms with Gasteiger partial charge in [-0.3, -0.25) is 4.79 Å². The molecule has 0 radical (unpaired) electrons. The van der Waals surface area contributed by atoms with E-state index in [1.807, 2.05) is 35.2 Å². The Morgan fingerprint density at radius 1 is 1.21 bits per heavy atom. The van der Waals surface area contributed by atoms with Gasteiger partial charge in [0.05, 0.1) is 29.2 Å². The van der Waals surface area contributed by atoms with Crippen LogP contribution in [0.4, 0.5) is 17.3 Å². The van der Waals surface area contributed by atoms with E-state index in [9.17, 15) is 4.79 Å². The second-order valence-electron chi connectivity index (χ2n) is 9.17. The quantitative estimate of drug-likeness (QED) is 0.512. The molecule has 3 aliphatic rings. The molecule has 0 spiro atoms. The van der Waals surface area contributed by atoms with Gasteiger partial charge in [-0.25, -0.2) is 15.0 Å². The van der Waals surface area contributed by atoms with Gasteiger partial charge in [-0.15, -0.1) is 0 Å². The number of pyridine rings is 1. The molecule has 3 fully saturated rings. The first-order valence-corrected chi connectivity index (χ1v) is 12.0. The molecule has 2 aliphatic heterocycles. The third-order valence-electron chi connectivity index (χ3n) is 6.83. The minimum atomic E-state index is 0.00181. The first kappa shape index (κ1) is 21.2. The number of nitrogens with one attached hydrogen (secondary N) is 1. The molecule has 1 N–H and O–H groups in total. The third kappa shape index (κ3) is 3.92. The summed E-state index contributed by atoms with van der Waals surface area (Å²) in [5.41, 5.74) is 2.27. The van der Waals surface area contributed by atoms with E-state index >= 15 is 0 Å². The van der Waals surface area contributed by atoms with Gasteiger partial charge in [-0.1, -0.05) is 18.2 Å². The number of likely N-dealkylation sites (tertiary alicyclic amines) is 1. The summed E-state index contributed by atoms with van der Waals surface area (Å²) in [4.78, 5) is 30.1. The molecule has 1 saturated carbocycles. The molecule has 9 heteroatoms. The van der Waals surface area contributed by atoms with E-state index in [4.69, 9.17) is 21.3 Å². The zero-order valence-corrected chi connectivity index (χ0v) is 19.4. The number of carbonyl (C=O) groups excluding carboxylic acids is 1. The number of hydrogen-bond acceptors (Lipinski definition) is 7. The van der Waals surface area contributed by atoms with Crippen molar-refractivity contribution < 1.29 is 9.53 Å². The van der Waals surface area contributed by atoms with Crippen LogP contribution in [-0.4, -0.2) is 57.5 Å². The molecule has 34 heavy (non-hydrogen) atoms. The van der Waals surface area contributed by atoms with Gasteiger partial charge >= 0.3 is 0 Å². The van der Waals surface area contributed by atoms with Crippen molar-refractivity contribution in [3.8, 4) is 5.75 Å². The van der Waals surface area contributed by atoms with Crippen molar-refractivity contribution in [2.45, 2.75) is 31.3 Å². The van der Waals surface area contributed by atoms with Crippen molar-refractivity contribution in [2.75, 3.05) is 29.9 Å². The standard InChI is InChI=1S/C25H25ClN6O2/c1-2-23(33)32-12-17-10-18(32)11-31(17)22-8-7-20-24(30-22)25(28-14-27-20)29-16-5-6-19(26)21(9-16)34-13-15-3-4-15/h2,5-9,14-15,17-18H,1,3-4,10-13H2,(H,27,28,29)/t17-,18-/m0/s1. The molecule has 1 aromatic carbocycles. The zero-order chi connectivity index (χ0) is 23.2. The van der Waals surface area contributed by atoms with Crippen LogP contribution in [0.25, 0.3) is 11.0 Å². The van der Waals surface area contributed by atoms with Gasteiger partial charge in [-0.05, 0) is 55.5 Å². The maximum Gasteiger partial charge on any atom is 0.246 e. The van der Waals surface area contributed by atoms with Crippen molar-refractivity contribution in [3.05, 3.63) is 54.3 Å². The number of anilines is 3. The number of nitrogens with zero attached hydrogens (tertiary/aromatic N) is 5. The maximum atomic E-state index is 12.1. The SMILES string of the molecule is C=CC(=O)N1C[C@@H]2C[C@H]1CN2c1ccc2ncnc(Nc3ccc(Cl)c(OCC4CC4)c3)c2n1. The van der Waals surface area contributed by atoms with Gasteiger partial charge < -0.3 is 19.9 Å². The summed E-state index contributed by atoms with van der Waals surface area (Å²) in [7, 11) is 0. The minimum Gasteiger partial charge on any atom is -0.492 e. The highest BCUT2D eigenvalue weighted by molar-refractivity contribution is 6.32. The van der Waals surface area contributed by atoms with Crippen molar-refractivity contribution in [1.82, 2.24) is 19.9 Å². The molecule has 3 aromatic rings. The Morgan fingerprint density at radius 2 is 2.09 bits per heavy atom. The topological polar surface area (TPSA) is 83.5 Å². The first-order valence-electron chi connectivity index (χ1n) is 11.6. The Bertz CT molecular complexity index is 1280. The average Bonchev–Trinajstić information content (AvgIpc) is 3.47. The number of halogens is 1. The molecular weight excluding hydrogens is 452 g/mol. The maximum absolute atomic E-state index is 12.1. The van der Waals surface area contributed by atoms with Crippen molar-refractivity contribution >= 4 is 45.9 Å². The molecule has 2 aromatic heterocycles. The Kier molecular flexibility index (Phi) is 5.25. The number of ether oxygens (including phenoxy) is 1. The number of aromatic nitrogens is 3. The molecule has 2 atom stereocenters. The highest BCUT2D eigenvalue weighted by Crippen LogP contribution is 2.36. The third-order valence-corrected chi connectivity index (χ3v) is 7.14. The summed E-state index contributed by atoms with van der Waals surface area (Å²) in [6.45, 7) is 5.77. The van der Waals surface area contributed by atoms with Crippen LogP contribution in [0.5, 0.6) is 5.75 Å². The van der Waals surface area contributed by atoms with Crippen LogP contribution in [0.1, 0.15) is 19.3 Å². The van der Waals surface area contributed by atoms with Gasteiger partial charge in [0.2, 0.25) is 5.91 Å². The molecule has 174 valence electrons. The fourth-order valence-corrected chi connectivity index (χ4v) is 5.01. The smallest absolute Gasteiger partial charge is 0.246 e. The van der Waals surface area contributed by atoms with Crippen LogP contribution in [0, 0.1) is 5.92 Å². The Morgan fingerprint density at radius 3 is 2.85 bits per heavy atom. The average molecular weight is 477 g/mol. The fourth-order valence-electron chi connectivity index (χ4n) is 4.84. The van der Waals surface area contributed by atoms with Gasteiger partial charge in [0.1, 0.15) is 23.4 Å². The number of amides is 1. The highest BCUT2D eigenvalue weighted by atomic mass is 35.5. The lowest BCUT2D eigenvalue weighted by molar-refractivity contribution is -0.127. The van der Waals surface area contributed by atoms with E-state index < -0.39 is 0 Å². The molecule has 2 bridgehead atoms. The molecule has 6 rings (SSSR count). The monoisotopic (exact) mass is 476 g/mol. The molecule has 8 nitrogen and oxygen atoms in total. The Balaban J connectivity index is 1.25.